The van der Waals surface area contributed by atoms with Gasteiger partial charge in [0.2, 0.25) is 0 Å². The predicted molar refractivity (Wildman–Crippen MR) is 82.0 cm³/mol. The molecule has 1 aromatic carbocycles. The molecule has 0 bridgehead atoms. The summed E-state index contributed by atoms with van der Waals surface area (Å²) >= 11 is 3.45. The van der Waals surface area contributed by atoms with Crippen LogP contribution in [0.4, 0.5) is 4.39 Å². The summed E-state index contributed by atoms with van der Waals surface area (Å²) in [5.74, 6) is -0.216. The first-order chi connectivity index (χ1) is 9.40. The van der Waals surface area contributed by atoms with Crippen LogP contribution in [0.15, 0.2) is 22.7 Å². The fourth-order valence-electron chi connectivity index (χ4n) is 2.46. The Morgan fingerprint density at radius 3 is 2.70 bits per heavy atom. The molecule has 0 aliphatic carbocycles. The van der Waals surface area contributed by atoms with E-state index in [2.05, 4.69) is 40.2 Å². The van der Waals surface area contributed by atoms with E-state index in [0.717, 1.165) is 21.4 Å². The summed E-state index contributed by atoms with van der Waals surface area (Å²) in [5.41, 5.74) is 4.31. The molecule has 0 amide bonds. The van der Waals surface area contributed by atoms with E-state index in [-0.39, 0.29) is 11.9 Å². The van der Waals surface area contributed by atoms with Crippen molar-refractivity contribution in [1.82, 2.24) is 15.1 Å². The molecule has 1 N–H and O–H groups in total. The third-order valence-electron chi connectivity index (χ3n) is 3.60. The van der Waals surface area contributed by atoms with Gasteiger partial charge in [-0.15, -0.1) is 0 Å². The van der Waals surface area contributed by atoms with Crippen LogP contribution in [0.1, 0.15) is 35.5 Å². The number of hydrogen-bond acceptors (Lipinski definition) is 2. The fourth-order valence-corrected chi connectivity index (χ4v) is 2.85. The van der Waals surface area contributed by atoms with Gasteiger partial charge < -0.3 is 5.32 Å². The second-order valence-electron chi connectivity index (χ2n) is 5.05. The van der Waals surface area contributed by atoms with Crippen LogP contribution in [-0.4, -0.2) is 9.78 Å². The first-order valence-corrected chi connectivity index (χ1v) is 7.37. The summed E-state index contributed by atoms with van der Waals surface area (Å²) in [6, 6.07) is 4.90. The average molecular weight is 340 g/mol. The normalized spacial score (nSPS) is 12.7. The van der Waals surface area contributed by atoms with Gasteiger partial charge in [0.15, 0.2) is 0 Å². The van der Waals surface area contributed by atoms with Gasteiger partial charge in [0.1, 0.15) is 5.82 Å². The molecule has 1 atom stereocenters. The molecule has 0 spiro atoms. The molecule has 108 valence electrons. The zero-order chi connectivity index (χ0) is 14.9. The Labute approximate surface area is 127 Å². The van der Waals surface area contributed by atoms with E-state index < -0.39 is 0 Å². The van der Waals surface area contributed by atoms with Crippen LogP contribution in [0, 0.1) is 19.7 Å². The van der Waals surface area contributed by atoms with Crippen molar-refractivity contribution < 1.29 is 4.39 Å². The lowest BCUT2D eigenvalue weighted by Crippen LogP contribution is -2.19. The Hall–Kier alpha value is -1.20. The number of aryl methyl sites for hydroxylation is 2. The second kappa shape index (κ2) is 6.06. The summed E-state index contributed by atoms with van der Waals surface area (Å²) in [5, 5.41) is 7.85. The van der Waals surface area contributed by atoms with Crippen LogP contribution in [0.2, 0.25) is 0 Å². The summed E-state index contributed by atoms with van der Waals surface area (Å²) in [7, 11) is 1.95. The molecule has 0 saturated heterocycles. The number of halogens is 2. The molecule has 20 heavy (non-hydrogen) atoms. The summed E-state index contributed by atoms with van der Waals surface area (Å²) in [4.78, 5) is 0. The third kappa shape index (κ3) is 3.10. The highest BCUT2D eigenvalue weighted by Gasteiger charge is 2.16. The van der Waals surface area contributed by atoms with Crippen LogP contribution in [0.3, 0.4) is 0 Å². The standard InChI is InChI=1S/C15H19BrFN3/c1-9(15-10(2)19-20(4)11(15)3)18-8-12-7-13(17)5-6-14(12)16/h5-7,9,18H,8H2,1-4H3. The minimum absolute atomic E-state index is 0.166. The highest BCUT2D eigenvalue weighted by molar-refractivity contribution is 9.10. The Bertz CT molecular complexity index is 622. The van der Waals surface area contributed by atoms with E-state index in [4.69, 9.17) is 0 Å². The number of benzene rings is 1. The predicted octanol–water partition coefficient (Wildman–Crippen LogP) is 3.79. The van der Waals surface area contributed by atoms with E-state index in [0.29, 0.717) is 6.54 Å². The van der Waals surface area contributed by atoms with Gasteiger partial charge in [-0.1, -0.05) is 15.9 Å². The van der Waals surface area contributed by atoms with Gasteiger partial charge in [-0.05, 0) is 44.5 Å². The number of nitrogens with zero attached hydrogens (tertiary/aromatic N) is 2. The minimum Gasteiger partial charge on any atom is -0.306 e. The van der Waals surface area contributed by atoms with Crippen molar-refractivity contribution in [2.45, 2.75) is 33.4 Å². The van der Waals surface area contributed by atoms with Crippen LogP contribution in [-0.2, 0) is 13.6 Å². The molecule has 0 fully saturated rings. The van der Waals surface area contributed by atoms with Gasteiger partial charge in [0.05, 0.1) is 5.69 Å². The van der Waals surface area contributed by atoms with Gasteiger partial charge >= 0.3 is 0 Å². The van der Waals surface area contributed by atoms with E-state index in [1.165, 1.54) is 11.6 Å². The molecular formula is C15H19BrFN3. The first kappa shape index (κ1) is 15.2. The zero-order valence-corrected chi connectivity index (χ0v) is 13.8. The largest absolute Gasteiger partial charge is 0.306 e. The minimum atomic E-state index is -0.216. The monoisotopic (exact) mass is 339 g/mol. The van der Waals surface area contributed by atoms with Crippen molar-refractivity contribution in [2.75, 3.05) is 0 Å². The second-order valence-corrected chi connectivity index (χ2v) is 5.90. The molecule has 5 heteroatoms. The van der Waals surface area contributed by atoms with Crippen molar-refractivity contribution in [3.8, 4) is 0 Å². The summed E-state index contributed by atoms with van der Waals surface area (Å²) < 4.78 is 16.1. The van der Waals surface area contributed by atoms with Gasteiger partial charge in [-0.2, -0.15) is 5.10 Å². The van der Waals surface area contributed by atoms with Crippen molar-refractivity contribution in [3.63, 3.8) is 0 Å². The lowest BCUT2D eigenvalue weighted by atomic mass is 10.1. The number of hydrogen-bond donors (Lipinski definition) is 1. The number of nitrogens with one attached hydrogen (secondary N) is 1. The van der Waals surface area contributed by atoms with Crippen LogP contribution >= 0.6 is 15.9 Å². The highest BCUT2D eigenvalue weighted by atomic mass is 79.9. The van der Waals surface area contributed by atoms with E-state index in [1.807, 2.05) is 18.7 Å². The zero-order valence-electron chi connectivity index (χ0n) is 12.2. The Balaban J connectivity index is 2.12. The van der Waals surface area contributed by atoms with Gasteiger partial charge in [-0.25, -0.2) is 4.39 Å². The summed E-state index contributed by atoms with van der Waals surface area (Å²) in [6.45, 7) is 6.78. The van der Waals surface area contributed by atoms with E-state index >= 15 is 0 Å². The molecule has 0 aliphatic rings. The Kier molecular flexibility index (Phi) is 4.60. The SMILES string of the molecule is Cc1nn(C)c(C)c1C(C)NCc1cc(F)ccc1Br. The van der Waals surface area contributed by atoms with Crippen molar-refractivity contribution in [3.05, 3.63) is 51.0 Å². The molecule has 1 unspecified atom stereocenters. The third-order valence-corrected chi connectivity index (χ3v) is 4.38. The van der Waals surface area contributed by atoms with Crippen molar-refractivity contribution >= 4 is 15.9 Å². The van der Waals surface area contributed by atoms with Crippen LogP contribution in [0.25, 0.3) is 0 Å². The number of aromatic nitrogens is 2. The maximum atomic E-state index is 13.3. The molecule has 0 aliphatic heterocycles. The molecule has 0 radical (unpaired) electrons. The van der Waals surface area contributed by atoms with Crippen LogP contribution in [0.5, 0.6) is 0 Å². The molecule has 3 nitrogen and oxygen atoms in total. The first-order valence-electron chi connectivity index (χ1n) is 6.57. The van der Waals surface area contributed by atoms with Gasteiger partial charge in [0.25, 0.3) is 0 Å². The quantitative estimate of drug-likeness (QED) is 0.918. The van der Waals surface area contributed by atoms with Crippen molar-refractivity contribution in [1.29, 1.82) is 0 Å². The average Bonchev–Trinajstić information content (AvgIpc) is 2.64. The lowest BCUT2D eigenvalue weighted by Gasteiger charge is -2.15. The molecule has 1 heterocycles. The molecular weight excluding hydrogens is 321 g/mol. The lowest BCUT2D eigenvalue weighted by molar-refractivity contribution is 0.563. The molecule has 2 aromatic rings. The van der Waals surface area contributed by atoms with Crippen molar-refractivity contribution in [2.24, 2.45) is 7.05 Å². The highest BCUT2D eigenvalue weighted by Crippen LogP contribution is 2.23. The summed E-state index contributed by atoms with van der Waals surface area (Å²) in [6.07, 6.45) is 0. The van der Waals surface area contributed by atoms with Gasteiger partial charge in [0, 0.05) is 35.4 Å². The fraction of sp³-hybridized carbons (Fsp3) is 0.400. The van der Waals surface area contributed by atoms with Gasteiger partial charge in [-0.3, -0.25) is 4.68 Å². The Morgan fingerprint density at radius 1 is 1.40 bits per heavy atom. The molecule has 2 rings (SSSR count). The van der Waals surface area contributed by atoms with Crippen LogP contribution < -0.4 is 5.32 Å². The smallest absolute Gasteiger partial charge is 0.123 e. The topological polar surface area (TPSA) is 29.9 Å². The maximum Gasteiger partial charge on any atom is 0.123 e. The molecule has 0 saturated carbocycles. The molecule has 1 aromatic heterocycles. The Morgan fingerprint density at radius 2 is 2.10 bits per heavy atom. The van der Waals surface area contributed by atoms with E-state index in [1.54, 1.807) is 12.1 Å². The number of rotatable bonds is 4. The van der Waals surface area contributed by atoms with E-state index in [9.17, 15) is 4.39 Å². The maximum absolute atomic E-state index is 13.3.